The first-order valence-corrected chi connectivity index (χ1v) is 12.7. The molecular weight excluding hydrogens is 498 g/mol. The van der Waals surface area contributed by atoms with Crippen molar-refractivity contribution in [3.63, 3.8) is 0 Å². The van der Waals surface area contributed by atoms with Gasteiger partial charge in [0.05, 0.1) is 24.5 Å². The number of fused-ring (bicyclic) bond motifs is 2. The number of carbonyl (C=O) groups excluding carboxylic acids is 2. The molecule has 3 aromatic rings. The zero-order valence-electron chi connectivity index (χ0n) is 22.3. The highest BCUT2D eigenvalue weighted by Crippen LogP contribution is 2.44. The number of nitrogens with zero attached hydrogens (tertiary/aromatic N) is 4. The molecular formula is C29H31N5O5. The first-order chi connectivity index (χ1) is 18.7. The summed E-state index contributed by atoms with van der Waals surface area (Å²) in [4.78, 5) is 38.1. The number of rotatable bonds is 4. The minimum absolute atomic E-state index is 0.231. The molecule has 5 rings (SSSR count). The third-order valence-corrected chi connectivity index (χ3v) is 6.25. The molecule has 1 saturated heterocycles. The highest BCUT2D eigenvalue weighted by atomic mass is 16.6. The summed E-state index contributed by atoms with van der Waals surface area (Å²) < 4.78 is 17.7. The van der Waals surface area contributed by atoms with Crippen LogP contribution < -0.4 is 19.9 Å². The first-order valence-electron chi connectivity index (χ1n) is 12.7. The first kappa shape index (κ1) is 26.2. The number of aromatic nitrogens is 2. The lowest BCUT2D eigenvalue weighted by molar-refractivity contribution is -0.111. The molecule has 0 saturated carbocycles. The summed E-state index contributed by atoms with van der Waals surface area (Å²) in [5.41, 5.74) is 3.09. The third kappa shape index (κ3) is 5.70. The largest absolute Gasteiger partial charge is 0.486 e. The maximum Gasteiger partial charge on any atom is 0.420 e. The van der Waals surface area contributed by atoms with Crippen molar-refractivity contribution in [1.82, 2.24) is 9.97 Å². The standard InChI is InChI=1S/C29H31N5O5/c1-5-26(35)32-25-17-20(8-10-30-25)19-6-7-24-23(16-19)34(28(36)39-29(2,3)4)27-21(18-38-24)22(9-11-31-27)33-12-14-37-15-13-33/h5-11,16-17H,1,12-15,18H2,2-4H3,(H,30,32,35). The second-order valence-electron chi connectivity index (χ2n) is 10.1. The minimum Gasteiger partial charge on any atom is -0.486 e. The summed E-state index contributed by atoms with van der Waals surface area (Å²) in [5.74, 6) is 1.00. The Bertz CT molecular complexity index is 1410. The van der Waals surface area contributed by atoms with Crippen molar-refractivity contribution in [1.29, 1.82) is 0 Å². The monoisotopic (exact) mass is 529 g/mol. The highest BCUT2D eigenvalue weighted by Gasteiger charge is 2.34. The van der Waals surface area contributed by atoms with Crippen molar-refractivity contribution >= 4 is 35.0 Å². The van der Waals surface area contributed by atoms with Gasteiger partial charge in [0.15, 0.2) is 5.82 Å². The quantitative estimate of drug-likeness (QED) is 0.467. The van der Waals surface area contributed by atoms with Crippen LogP contribution in [0.1, 0.15) is 26.3 Å². The molecule has 202 valence electrons. The number of pyridine rings is 2. The molecule has 0 aliphatic carbocycles. The van der Waals surface area contributed by atoms with Gasteiger partial charge in [-0.15, -0.1) is 0 Å². The number of ether oxygens (including phenoxy) is 3. The Morgan fingerprint density at radius 1 is 1.03 bits per heavy atom. The molecule has 2 aliphatic rings. The molecule has 0 unspecified atom stereocenters. The molecule has 0 radical (unpaired) electrons. The van der Waals surface area contributed by atoms with Gasteiger partial charge in [0, 0.05) is 31.2 Å². The highest BCUT2D eigenvalue weighted by molar-refractivity contribution is 6.00. The fourth-order valence-electron chi connectivity index (χ4n) is 4.51. The van der Waals surface area contributed by atoms with Gasteiger partial charge in [-0.1, -0.05) is 12.6 Å². The Morgan fingerprint density at radius 2 is 1.77 bits per heavy atom. The normalized spacial score (nSPS) is 14.8. The van der Waals surface area contributed by atoms with Crippen LogP contribution >= 0.6 is 0 Å². The predicted octanol–water partition coefficient (Wildman–Crippen LogP) is 5.07. The Hall–Kier alpha value is -4.44. The molecule has 10 heteroatoms. The van der Waals surface area contributed by atoms with E-state index in [0.717, 1.165) is 35.5 Å². The van der Waals surface area contributed by atoms with Crippen molar-refractivity contribution in [2.24, 2.45) is 0 Å². The van der Waals surface area contributed by atoms with Crippen LogP contribution in [0.15, 0.2) is 61.4 Å². The lowest BCUT2D eigenvalue weighted by Crippen LogP contribution is -2.38. The molecule has 1 aromatic carbocycles. The maximum atomic E-state index is 13.7. The summed E-state index contributed by atoms with van der Waals surface area (Å²) in [5, 5.41) is 2.68. The van der Waals surface area contributed by atoms with Crippen molar-refractivity contribution in [2.75, 3.05) is 41.4 Å². The maximum absolute atomic E-state index is 13.7. The topological polar surface area (TPSA) is 106 Å². The fraction of sp³-hybridized carbons (Fsp3) is 0.310. The molecule has 2 amide bonds. The van der Waals surface area contributed by atoms with Crippen LogP contribution in [0.25, 0.3) is 11.1 Å². The Morgan fingerprint density at radius 3 is 2.51 bits per heavy atom. The van der Waals surface area contributed by atoms with Crippen LogP contribution in [0.3, 0.4) is 0 Å². The second kappa shape index (κ2) is 10.7. The average Bonchev–Trinajstić information content (AvgIpc) is 3.09. The minimum atomic E-state index is -0.729. The lowest BCUT2D eigenvalue weighted by Gasteiger charge is -2.32. The zero-order valence-corrected chi connectivity index (χ0v) is 22.3. The average molecular weight is 530 g/mol. The van der Waals surface area contributed by atoms with Gasteiger partial charge >= 0.3 is 6.09 Å². The molecule has 10 nitrogen and oxygen atoms in total. The number of hydrogen-bond acceptors (Lipinski definition) is 8. The van der Waals surface area contributed by atoms with Crippen molar-refractivity contribution in [2.45, 2.75) is 33.0 Å². The predicted molar refractivity (Wildman–Crippen MR) is 148 cm³/mol. The van der Waals surface area contributed by atoms with Crippen LogP contribution in [0.2, 0.25) is 0 Å². The van der Waals surface area contributed by atoms with E-state index in [-0.39, 0.29) is 12.5 Å². The second-order valence-corrected chi connectivity index (χ2v) is 10.1. The molecule has 4 heterocycles. The van der Waals surface area contributed by atoms with Gasteiger partial charge in [-0.25, -0.2) is 19.7 Å². The summed E-state index contributed by atoms with van der Waals surface area (Å²) in [7, 11) is 0. The molecule has 1 fully saturated rings. The van der Waals surface area contributed by atoms with Crippen LogP contribution in [0, 0.1) is 0 Å². The zero-order chi connectivity index (χ0) is 27.6. The van der Waals surface area contributed by atoms with E-state index in [1.165, 1.54) is 11.0 Å². The molecule has 1 N–H and O–H groups in total. The van der Waals surface area contributed by atoms with Gasteiger partial charge in [0.2, 0.25) is 5.91 Å². The number of benzene rings is 1. The van der Waals surface area contributed by atoms with E-state index < -0.39 is 11.7 Å². The molecule has 2 aliphatic heterocycles. The molecule has 2 aromatic heterocycles. The van der Waals surface area contributed by atoms with Crippen molar-refractivity contribution in [3.8, 4) is 16.9 Å². The van der Waals surface area contributed by atoms with Crippen LogP contribution in [0.4, 0.5) is 27.8 Å². The van der Waals surface area contributed by atoms with E-state index in [4.69, 9.17) is 14.2 Å². The number of morpholine rings is 1. The Balaban J connectivity index is 1.61. The van der Waals surface area contributed by atoms with Crippen LogP contribution in [-0.2, 0) is 20.9 Å². The van der Waals surface area contributed by atoms with E-state index in [0.29, 0.717) is 36.3 Å². The summed E-state index contributed by atoms with van der Waals surface area (Å²) in [6.45, 7) is 11.9. The Labute approximate surface area is 227 Å². The number of amides is 2. The Kier molecular flexibility index (Phi) is 7.21. The van der Waals surface area contributed by atoms with Gasteiger partial charge < -0.3 is 24.4 Å². The van der Waals surface area contributed by atoms with Crippen molar-refractivity contribution < 1.29 is 23.8 Å². The van der Waals surface area contributed by atoms with E-state index in [1.54, 1.807) is 18.5 Å². The van der Waals surface area contributed by atoms with E-state index >= 15 is 0 Å². The molecule has 39 heavy (non-hydrogen) atoms. The van der Waals surface area contributed by atoms with Gasteiger partial charge in [0.1, 0.15) is 23.8 Å². The smallest absolute Gasteiger partial charge is 0.420 e. The van der Waals surface area contributed by atoms with E-state index in [9.17, 15) is 9.59 Å². The fourth-order valence-corrected chi connectivity index (χ4v) is 4.51. The number of carbonyl (C=O) groups is 2. The summed E-state index contributed by atoms with van der Waals surface area (Å²) >= 11 is 0. The molecule has 0 bridgehead atoms. The van der Waals surface area contributed by atoms with Crippen LogP contribution in [0.5, 0.6) is 5.75 Å². The number of anilines is 4. The van der Waals surface area contributed by atoms with Gasteiger partial charge in [-0.05, 0) is 68.3 Å². The van der Waals surface area contributed by atoms with Gasteiger partial charge in [-0.2, -0.15) is 0 Å². The van der Waals surface area contributed by atoms with Gasteiger partial charge in [0.25, 0.3) is 0 Å². The molecule has 0 atom stereocenters. The van der Waals surface area contributed by atoms with E-state index in [1.807, 2.05) is 51.1 Å². The summed E-state index contributed by atoms with van der Waals surface area (Å²) in [6, 6.07) is 11.1. The number of hydrogen-bond donors (Lipinski definition) is 1. The number of nitrogens with one attached hydrogen (secondary N) is 1. The molecule has 0 spiro atoms. The van der Waals surface area contributed by atoms with E-state index in [2.05, 4.69) is 26.8 Å². The van der Waals surface area contributed by atoms with Crippen LogP contribution in [-0.4, -0.2) is 53.9 Å². The lowest BCUT2D eigenvalue weighted by atomic mass is 10.0. The SMILES string of the molecule is C=CC(=O)Nc1cc(-c2ccc3c(c2)N(C(=O)OC(C)(C)C)c2nccc(N4CCOCC4)c2CO3)ccn1. The van der Waals surface area contributed by atoms with Crippen molar-refractivity contribution in [3.05, 3.63) is 67.0 Å². The van der Waals surface area contributed by atoms with Gasteiger partial charge in [-0.3, -0.25) is 4.79 Å². The third-order valence-electron chi connectivity index (χ3n) is 6.25. The summed E-state index contributed by atoms with van der Waals surface area (Å²) in [6.07, 6.45) is 3.93.